The monoisotopic (exact) mass is 452 g/mol. The van der Waals surface area contributed by atoms with E-state index in [4.69, 9.17) is 9.51 Å². The number of hydrogen-bond donors (Lipinski definition) is 0. The van der Waals surface area contributed by atoms with Crippen LogP contribution in [0, 0.1) is 6.92 Å². The van der Waals surface area contributed by atoms with Crippen LogP contribution in [0.4, 0.5) is 0 Å². The molecule has 0 N–H and O–H groups in total. The Morgan fingerprint density at radius 3 is 2.09 bits per heavy atom. The Kier molecular flexibility index (Phi) is 6.11. The van der Waals surface area contributed by atoms with Gasteiger partial charge in [0.1, 0.15) is 5.01 Å². The van der Waals surface area contributed by atoms with Crippen molar-refractivity contribution in [2.45, 2.75) is 20.0 Å². The number of nitrogens with zero attached hydrogens (tertiary/aromatic N) is 4. The molecule has 0 aliphatic rings. The topological polar surface area (TPSA) is 55.1 Å². The lowest BCUT2D eigenvalue weighted by Gasteiger charge is -2.15. The average molecular weight is 453 g/mol. The van der Waals surface area contributed by atoms with Crippen molar-refractivity contribution >= 4 is 11.3 Å². The van der Waals surface area contributed by atoms with E-state index >= 15 is 0 Å². The van der Waals surface area contributed by atoms with E-state index in [-0.39, 0.29) is 0 Å². The fraction of sp³-hybridized carbons (Fsp3) is 0.148. The molecule has 0 aliphatic heterocycles. The first kappa shape index (κ1) is 21.2. The molecule has 5 aromatic rings. The summed E-state index contributed by atoms with van der Waals surface area (Å²) in [5.41, 5.74) is 6.85. The maximum absolute atomic E-state index is 5.07. The summed E-state index contributed by atoms with van der Waals surface area (Å²) in [6.07, 6.45) is 0. The van der Waals surface area contributed by atoms with E-state index in [0.717, 1.165) is 34.9 Å². The normalized spacial score (nSPS) is 11.2. The smallest absolute Gasteiger partial charge is 0.223 e. The summed E-state index contributed by atoms with van der Waals surface area (Å²) in [5, 5.41) is 7.21. The van der Waals surface area contributed by atoms with Crippen LogP contribution in [-0.4, -0.2) is 27.1 Å². The molecular formula is C27H24N4OS. The van der Waals surface area contributed by atoms with Crippen molar-refractivity contribution in [1.82, 2.24) is 20.0 Å². The minimum Gasteiger partial charge on any atom is -0.339 e. The van der Waals surface area contributed by atoms with Crippen LogP contribution in [-0.2, 0) is 13.1 Å². The lowest BCUT2D eigenvalue weighted by molar-refractivity contribution is 0.316. The molecule has 0 saturated heterocycles. The van der Waals surface area contributed by atoms with Crippen molar-refractivity contribution < 1.29 is 4.52 Å². The van der Waals surface area contributed by atoms with Crippen molar-refractivity contribution in [2.24, 2.45) is 0 Å². The highest BCUT2D eigenvalue weighted by Gasteiger charge is 2.09. The number of thiazole rings is 1. The number of aromatic nitrogens is 3. The fourth-order valence-corrected chi connectivity index (χ4v) is 4.58. The zero-order valence-corrected chi connectivity index (χ0v) is 19.4. The maximum Gasteiger partial charge on any atom is 0.223 e. The van der Waals surface area contributed by atoms with E-state index in [9.17, 15) is 0 Å². The van der Waals surface area contributed by atoms with Gasteiger partial charge in [0.05, 0.1) is 5.69 Å². The van der Waals surface area contributed by atoms with Crippen LogP contribution in [0.15, 0.2) is 88.8 Å². The van der Waals surface area contributed by atoms with Crippen LogP contribution < -0.4 is 0 Å². The van der Waals surface area contributed by atoms with E-state index in [0.29, 0.717) is 11.7 Å². The Morgan fingerprint density at radius 1 is 0.758 bits per heavy atom. The summed E-state index contributed by atoms with van der Waals surface area (Å²) in [7, 11) is 2.13. The first-order chi connectivity index (χ1) is 16.1. The minimum absolute atomic E-state index is 0.570. The second-order valence-electron chi connectivity index (χ2n) is 8.09. The Labute approximate surface area is 197 Å². The zero-order valence-electron chi connectivity index (χ0n) is 18.6. The van der Waals surface area contributed by atoms with Crippen molar-refractivity contribution in [3.63, 3.8) is 0 Å². The molecule has 33 heavy (non-hydrogen) atoms. The molecule has 5 nitrogen and oxygen atoms in total. The first-order valence-electron chi connectivity index (χ1n) is 10.8. The molecule has 0 unspecified atom stereocenters. The molecule has 3 aromatic carbocycles. The standard InChI is InChI=1S/C27H24N4OS/c1-19-28-26(30-32-19)23-14-12-22(13-15-23)21-10-8-20(9-11-21)16-31(2)17-25-18-33-27(29-25)24-6-4-3-5-7-24/h3-15,18H,16-17H2,1-2H3. The molecule has 0 radical (unpaired) electrons. The van der Waals surface area contributed by atoms with Gasteiger partial charge in [-0.3, -0.25) is 4.90 Å². The van der Waals surface area contributed by atoms with Gasteiger partial charge in [0.2, 0.25) is 11.7 Å². The van der Waals surface area contributed by atoms with E-state index in [2.05, 4.69) is 88.1 Å². The largest absolute Gasteiger partial charge is 0.339 e. The predicted molar refractivity (Wildman–Crippen MR) is 133 cm³/mol. The van der Waals surface area contributed by atoms with Crippen molar-refractivity contribution in [2.75, 3.05) is 7.05 Å². The maximum atomic E-state index is 5.07. The number of aryl methyl sites for hydroxylation is 1. The van der Waals surface area contributed by atoms with E-state index in [1.807, 2.05) is 18.2 Å². The Bertz CT molecular complexity index is 1320. The van der Waals surface area contributed by atoms with Gasteiger partial charge < -0.3 is 4.52 Å². The molecule has 0 bridgehead atoms. The van der Waals surface area contributed by atoms with Crippen LogP contribution in [0.5, 0.6) is 0 Å². The molecule has 0 amide bonds. The molecule has 2 heterocycles. The van der Waals surface area contributed by atoms with Gasteiger partial charge in [-0.05, 0) is 23.7 Å². The van der Waals surface area contributed by atoms with Gasteiger partial charge in [-0.2, -0.15) is 4.98 Å². The third-order valence-electron chi connectivity index (χ3n) is 5.41. The van der Waals surface area contributed by atoms with E-state index < -0.39 is 0 Å². The van der Waals surface area contributed by atoms with Crippen molar-refractivity contribution in [3.8, 4) is 33.1 Å². The molecular weight excluding hydrogens is 428 g/mol. The molecule has 2 aromatic heterocycles. The molecule has 6 heteroatoms. The highest BCUT2D eigenvalue weighted by molar-refractivity contribution is 7.13. The zero-order chi connectivity index (χ0) is 22.6. The molecule has 0 spiro atoms. The minimum atomic E-state index is 0.570. The van der Waals surface area contributed by atoms with Crippen LogP contribution in [0.3, 0.4) is 0 Å². The lowest BCUT2D eigenvalue weighted by Crippen LogP contribution is -2.17. The lowest BCUT2D eigenvalue weighted by atomic mass is 10.0. The summed E-state index contributed by atoms with van der Waals surface area (Å²) in [5.74, 6) is 1.19. The predicted octanol–water partition coefficient (Wildman–Crippen LogP) is 6.47. The quantitative estimate of drug-likeness (QED) is 0.283. The van der Waals surface area contributed by atoms with Gasteiger partial charge in [-0.1, -0.05) is 84.0 Å². The molecule has 0 saturated carbocycles. The second kappa shape index (κ2) is 9.48. The van der Waals surface area contributed by atoms with Crippen LogP contribution in [0.25, 0.3) is 33.1 Å². The third-order valence-corrected chi connectivity index (χ3v) is 6.36. The Balaban J connectivity index is 1.20. The first-order valence-corrected chi connectivity index (χ1v) is 11.7. The molecule has 0 atom stereocenters. The molecule has 164 valence electrons. The summed E-state index contributed by atoms with van der Waals surface area (Å²) in [6, 6.07) is 27.3. The number of hydrogen-bond acceptors (Lipinski definition) is 6. The highest BCUT2D eigenvalue weighted by Crippen LogP contribution is 2.25. The fourth-order valence-electron chi connectivity index (χ4n) is 3.77. The van der Waals surface area contributed by atoms with E-state index in [1.165, 1.54) is 16.7 Å². The SMILES string of the molecule is Cc1nc(-c2ccc(-c3ccc(CN(C)Cc4csc(-c5ccccc5)n4)cc3)cc2)no1. The van der Waals surface area contributed by atoms with Crippen molar-refractivity contribution in [3.05, 3.63) is 101 Å². The van der Waals surface area contributed by atoms with Gasteiger partial charge in [0, 0.05) is 36.5 Å². The van der Waals surface area contributed by atoms with Gasteiger partial charge in [-0.15, -0.1) is 11.3 Å². The summed E-state index contributed by atoms with van der Waals surface area (Å²) in [6.45, 7) is 3.49. The van der Waals surface area contributed by atoms with Crippen LogP contribution in [0.2, 0.25) is 0 Å². The summed E-state index contributed by atoms with van der Waals surface area (Å²) < 4.78 is 5.07. The highest BCUT2D eigenvalue weighted by atomic mass is 32.1. The number of rotatable bonds is 7. The Morgan fingerprint density at radius 2 is 1.42 bits per heavy atom. The number of benzene rings is 3. The molecule has 5 rings (SSSR count). The molecule has 0 aliphatic carbocycles. The van der Waals surface area contributed by atoms with Gasteiger partial charge in [0.15, 0.2) is 0 Å². The molecule has 0 fully saturated rings. The summed E-state index contributed by atoms with van der Waals surface area (Å²) >= 11 is 1.70. The van der Waals surface area contributed by atoms with Crippen LogP contribution >= 0.6 is 11.3 Å². The van der Waals surface area contributed by atoms with Gasteiger partial charge in [0.25, 0.3) is 0 Å². The van der Waals surface area contributed by atoms with E-state index in [1.54, 1.807) is 18.3 Å². The van der Waals surface area contributed by atoms with Gasteiger partial charge in [-0.25, -0.2) is 4.98 Å². The van der Waals surface area contributed by atoms with Crippen LogP contribution in [0.1, 0.15) is 17.1 Å². The van der Waals surface area contributed by atoms with Crippen molar-refractivity contribution in [1.29, 1.82) is 0 Å². The summed E-state index contributed by atoms with van der Waals surface area (Å²) in [4.78, 5) is 11.4. The Hall–Kier alpha value is -3.61. The third kappa shape index (κ3) is 5.08. The second-order valence-corrected chi connectivity index (χ2v) is 8.95. The average Bonchev–Trinajstić information content (AvgIpc) is 3.49. The van der Waals surface area contributed by atoms with Gasteiger partial charge >= 0.3 is 0 Å².